The molecule has 142 valence electrons. The van der Waals surface area contributed by atoms with Crippen LogP contribution in [0.1, 0.15) is 18.4 Å². The topological polar surface area (TPSA) is 107 Å². The van der Waals surface area contributed by atoms with Crippen LogP contribution in [0.25, 0.3) is 10.8 Å². The zero-order chi connectivity index (χ0) is 19.2. The highest BCUT2D eigenvalue weighted by Crippen LogP contribution is 2.27. The van der Waals surface area contributed by atoms with Crippen LogP contribution in [0.5, 0.6) is 0 Å². The number of aryl methyl sites for hydroxylation is 1. The molecule has 0 fully saturated rings. The third-order valence-corrected chi connectivity index (χ3v) is 5.97. The molecule has 0 aliphatic carbocycles. The Balaban J connectivity index is 1.51. The predicted octanol–water partition coefficient (Wildman–Crippen LogP) is 3.40. The maximum atomic E-state index is 12.2. The number of esters is 1. The summed E-state index contributed by atoms with van der Waals surface area (Å²) in [4.78, 5) is 27.9. The Morgan fingerprint density at radius 2 is 2.19 bits per heavy atom. The van der Waals surface area contributed by atoms with Crippen LogP contribution >= 0.6 is 34.4 Å². The number of carbonyl (C=O) groups excluding carboxylic acids is 2. The highest BCUT2D eigenvalue weighted by atomic mass is 32.2. The minimum absolute atomic E-state index is 0.126. The van der Waals surface area contributed by atoms with Gasteiger partial charge in [-0.25, -0.2) is 4.98 Å². The van der Waals surface area contributed by atoms with E-state index >= 15 is 0 Å². The van der Waals surface area contributed by atoms with E-state index in [0.29, 0.717) is 27.5 Å². The Labute approximate surface area is 167 Å². The predicted molar refractivity (Wildman–Crippen MR) is 104 cm³/mol. The average Bonchev–Trinajstić information content (AvgIpc) is 3.35. The van der Waals surface area contributed by atoms with Gasteiger partial charge in [0.05, 0.1) is 24.5 Å². The third-order valence-electron chi connectivity index (χ3n) is 3.12. The standard InChI is InChI=1S/C16H16N4O4S3/c1-3-23-13(22)8-26-16-20-19-15(27-16)18-12(21)6-10-7-25-14(17-10)11-5-4-9(2)24-11/h4-5,7H,3,6,8H2,1-2H3,(H,18,19,21). The number of aromatic nitrogens is 3. The summed E-state index contributed by atoms with van der Waals surface area (Å²) in [6.07, 6.45) is 0.126. The summed E-state index contributed by atoms with van der Waals surface area (Å²) in [6, 6.07) is 3.73. The molecule has 0 bridgehead atoms. The molecule has 27 heavy (non-hydrogen) atoms. The second-order valence-corrected chi connectivity index (χ2v) is 8.30. The van der Waals surface area contributed by atoms with Crippen LogP contribution in [0.15, 0.2) is 26.3 Å². The van der Waals surface area contributed by atoms with Gasteiger partial charge in [0.25, 0.3) is 0 Å². The lowest BCUT2D eigenvalue weighted by Gasteiger charge is -1.99. The highest BCUT2D eigenvalue weighted by molar-refractivity contribution is 8.01. The Bertz CT molecular complexity index is 934. The van der Waals surface area contributed by atoms with Crippen LogP contribution in [0, 0.1) is 6.92 Å². The first-order chi connectivity index (χ1) is 13.0. The average molecular weight is 425 g/mol. The Hall–Kier alpha value is -2.24. The zero-order valence-electron chi connectivity index (χ0n) is 14.6. The number of hydrogen-bond donors (Lipinski definition) is 1. The summed E-state index contributed by atoms with van der Waals surface area (Å²) in [5.74, 6) is 1.11. The molecular weight excluding hydrogens is 408 g/mol. The fraction of sp³-hybridized carbons (Fsp3) is 0.312. The van der Waals surface area contributed by atoms with Gasteiger partial charge in [0.2, 0.25) is 11.0 Å². The molecule has 0 aliphatic rings. The number of thiazole rings is 1. The molecule has 1 amide bonds. The van der Waals surface area contributed by atoms with Crippen molar-refractivity contribution >= 4 is 51.4 Å². The quantitative estimate of drug-likeness (QED) is 0.333. The molecule has 0 unspecified atom stereocenters. The lowest BCUT2D eigenvalue weighted by Crippen LogP contribution is -2.14. The fourth-order valence-electron chi connectivity index (χ4n) is 2.02. The highest BCUT2D eigenvalue weighted by Gasteiger charge is 2.14. The monoisotopic (exact) mass is 424 g/mol. The Kier molecular flexibility index (Phi) is 6.58. The van der Waals surface area contributed by atoms with Crippen molar-refractivity contribution in [3.8, 4) is 10.8 Å². The van der Waals surface area contributed by atoms with Crippen molar-refractivity contribution in [2.75, 3.05) is 17.7 Å². The molecule has 0 radical (unpaired) electrons. The number of hydrogen-bond acceptors (Lipinski definition) is 10. The van der Waals surface area contributed by atoms with Crippen LogP contribution in [0.3, 0.4) is 0 Å². The van der Waals surface area contributed by atoms with Crippen LogP contribution < -0.4 is 5.32 Å². The Morgan fingerprint density at radius 3 is 2.93 bits per heavy atom. The van der Waals surface area contributed by atoms with Gasteiger partial charge < -0.3 is 14.5 Å². The molecule has 8 nitrogen and oxygen atoms in total. The first-order valence-electron chi connectivity index (χ1n) is 7.96. The zero-order valence-corrected chi connectivity index (χ0v) is 17.0. The maximum Gasteiger partial charge on any atom is 0.316 e. The van der Waals surface area contributed by atoms with Gasteiger partial charge >= 0.3 is 5.97 Å². The SMILES string of the molecule is CCOC(=O)CSc1nnc(NC(=O)Cc2csc(-c3ccc(C)o3)n2)s1. The first kappa shape index (κ1) is 19.5. The van der Waals surface area contributed by atoms with Gasteiger partial charge in [-0.15, -0.1) is 21.5 Å². The minimum atomic E-state index is -0.311. The molecule has 0 atom stereocenters. The summed E-state index contributed by atoms with van der Waals surface area (Å²) in [6.45, 7) is 3.96. The summed E-state index contributed by atoms with van der Waals surface area (Å²) < 4.78 is 11.0. The molecule has 1 N–H and O–H groups in total. The number of thioether (sulfide) groups is 1. The van der Waals surface area contributed by atoms with E-state index in [1.807, 2.05) is 24.4 Å². The van der Waals surface area contributed by atoms with Crippen molar-refractivity contribution in [3.05, 3.63) is 29.0 Å². The van der Waals surface area contributed by atoms with Gasteiger partial charge in [0.1, 0.15) is 5.76 Å². The summed E-state index contributed by atoms with van der Waals surface area (Å²) >= 11 is 3.85. The van der Waals surface area contributed by atoms with E-state index < -0.39 is 0 Å². The van der Waals surface area contributed by atoms with Gasteiger partial charge in [-0.2, -0.15) is 0 Å². The lowest BCUT2D eigenvalue weighted by molar-refractivity contribution is -0.139. The molecule has 0 spiro atoms. The minimum Gasteiger partial charge on any atom is -0.465 e. The number of rotatable bonds is 8. The first-order valence-corrected chi connectivity index (χ1v) is 10.6. The number of furan rings is 1. The van der Waals surface area contributed by atoms with E-state index in [9.17, 15) is 9.59 Å². The molecule has 0 saturated heterocycles. The fourth-order valence-corrected chi connectivity index (χ4v) is 4.37. The number of nitrogens with zero attached hydrogens (tertiary/aromatic N) is 3. The third kappa shape index (κ3) is 5.62. The van der Waals surface area contributed by atoms with Crippen molar-refractivity contribution in [2.45, 2.75) is 24.6 Å². The molecule has 0 aromatic carbocycles. The van der Waals surface area contributed by atoms with Gasteiger partial charge in [0, 0.05) is 5.38 Å². The molecule has 3 aromatic rings. The maximum absolute atomic E-state index is 12.2. The molecule has 0 saturated carbocycles. The van der Waals surface area contributed by atoms with E-state index in [0.717, 1.165) is 10.8 Å². The lowest BCUT2D eigenvalue weighted by atomic mass is 10.3. The van der Waals surface area contributed by atoms with Crippen LogP contribution in [0.4, 0.5) is 5.13 Å². The van der Waals surface area contributed by atoms with Crippen molar-refractivity contribution in [3.63, 3.8) is 0 Å². The van der Waals surface area contributed by atoms with Crippen molar-refractivity contribution in [2.24, 2.45) is 0 Å². The summed E-state index contributed by atoms with van der Waals surface area (Å²) in [5, 5.41) is 13.5. The summed E-state index contributed by atoms with van der Waals surface area (Å²) in [5.41, 5.74) is 0.656. The van der Waals surface area contributed by atoms with E-state index in [2.05, 4.69) is 20.5 Å². The van der Waals surface area contributed by atoms with E-state index in [-0.39, 0.29) is 24.1 Å². The number of amides is 1. The molecule has 3 aromatic heterocycles. The molecular formula is C16H16N4O4S3. The van der Waals surface area contributed by atoms with Gasteiger partial charge in [-0.1, -0.05) is 23.1 Å². The van der Waals surface area contributed by atoms with Crippen molar-refractivity contribution in [1.82, 2.24) is 15.2 Å². The van der Waals surface area contributed by atoms with Gasteiger partial charge in [0.15, 0.2) is 15.1 Å². The molecule has 3 rings (SSSR count). The molecule has 11 heteroatoms. The number of ether oxygens (including phenoxy) is 1. The number of carbonyl (C=O) groups is 2. The van der Waals surface area contributed by atoms with Crippen LogP contribution in [0.2, 0.25) is 0 Å². The second-order valence-electron chi connectivity index (χ2n) is 5.25. The van der Waals surface area contributed by atoms with Crippen LogP contribution in [-0.2, 0) is 20.7 Å². The van der Waals surface area contributed by atoms with E-state index in [1.54, 1.807) is 6.92 Å². The largest absolute Gasteiger partial charge is 0.465 e. The normalized spacial score (nSPS) is 10.7. The summed E-state index contributed by atoms with van der Waals surface area (Å²) in [7, 11) is 0. The van der Waals surface area contributed by atoms with Crippen molar-refractivity contribution < 1.29 is 18.7 Å². The van der Waals surface area contributed by atoms with Crippen molar-refractivity contribution in [1.29, 1.82) is 0 Å². The van der Waals surface area contributed by atoms with E-state index in [4.69, 9.17) is 9.15 Å². The number of anilines is 1. The van der Waals surface area contributed by atoms with E-state index in [1.165, 1.54) is 34.4 Å². The Morgan fingerprint density at radius 1 is 1.33 bits per heavy atom. The van der Waals surface area contributed by atoms with Gasteiger partial charge in [-0.3, -0.25) is 9.59 Å². The van der Waals surface area contributed by atoms with Gasteiger partial charge in [-0.05, 0) is 26.0 Å². The van der Waals surface area contributed by atoms with Crippen LogP contribution in [-0.4, -0.2) is 39.4 Å². The second kappa shape index (κ2) is 9.11. The smallest absolute Gasteiger partial charge is 0.316 e. The molecule has 0 aliphatic heterocycles. The number of nitrogens with one attached hydrogen (secondary N) is 1. The molecule has 3 heterocycles.